The molecule has 2 aliphatic heterocycles. The number of carbonyl (C=O) groups is 2. The fourth-order valence-corrected chi connectivity index (χ4v) is 4.46. The van der Waals surface area contributed by atoms with Crippen molar-refractivity contribution in [2.45, 2.75) is 75.0 Å². The molecule has 7 N–H and O–H groups in total. The van der Waals surface area contributed by atoms with Gasteiger partial charge in [-0.05, 0) is 37.6 Å². The summed E-state index contributed by atoms with van der Waals surface area (Å²) >= 11 is 0. The SMILES string of the molecule is CC(=O)[C@@H]1O[C@@H](Oc2ccc(/C=C(\C)C(=O)N[C@@H]3[C@H](O)[C@@H](O)[C@H]4OCO[C@H]4[C@@H]3O)cc2O)[C@H](O)[C@H]1O. The Bertz CT molecular complexity index is 1030. The smallest absolute Gasteiger partial charge is 0.247 e. The molecule has 0 bridgehead atoms. The van der Waals surface area contributed by atoms with Crippen molar-refractivity contribution < 1.29 is 59.2 Å². The van der Waals surface area contributed by atoms with E-state index in [1.807, 2.05) is 0 Å². The number of fused-ring (bicyclic) bond motifs is 1. The summed E-state index contributed by atoms with van der Waals surface area (Å²) in [6, 6.07) is 2.90. The number of rotatable bonds is 6. The minimum Gasteiger partial charge on any atom is -0.504 e. The molecule has 0 spiro atoms. The molecule has 2 saturated heterocycles. The lowest BCUT2D eigenvalue weighted by molar-refractivity contribution is -0.155. The molecule has 4 rings (SSSR count). The number of ether oxygens (including phenoxy) is 4. The van der Waals surface area contributed by atoms with Gasteiger partial charge in [0, 0.05) is 5.57 Å². The van der Waals surface area contributed by atoms with Gasteiger partial charge in [-0.1, -0.05) is 6.07 Å². The van der Waals surface area contributed by atoms with Gasteiger partial charge < -0.3 is 54.9 Å². The van der Waals surface area contributed by atoms with E-state index in [0.29, 0.717) is 5.56 Å². The van der Waals surface area contributed by atoms with E-state index in [4.69, 9.17) is 18.9 Å². The fraction of sp³-hybridized carbons (Fsp3) is 0.565. The summed E-state index contributed by atoms with van der Waals surface area (Å²) in [6.07, 6.45) is -10.2. The van der Waals surface area contributed by atoms with Gasteiger partial charge >= 0.3 is 0 Å². The van der Waals surface area contributed by atoms with Crippen LogP contribution < -0.4 is 10.1 Å². The number of carbonyl (C=O) groups excluding carboxylic acids is 2. The van der Waals surface area contributed by atoms with E-state index in [1.165, 1.54) is 38.1 Å². The molecule has 1 aromatic carbocycles. The number of amides is 1. The predicted octanol–water partition coefficient (Wildman–Crippen LogP) is -2.47. The first kappa shape index (κ1) is 26.4. The van der Waals surface area contributed by atoms with Gasteiger partial charge in [-0.15, -0.1) is 0 Å². The summed E-state index contributed by atoms with van der Waals surface area (Å²) in [5.41, 5.74) is 0.545. The largest absolute Gasteiger partial charge is 0.504 e. The number of aliphatic hydroxyl groups is 5. The van der Waals surface area contributed by atoms with Crippen molar-refractivity contribution in [3.63, 3.8) is 0 Å². The third-order valence-electron chi connectivity index (χ3n) is 6.49. The third kappa shape index (κ3) is 4.96. The summed E-state index contributed by atoms with van der Waals surface area (Å²) in [7, 11) is 0. The van der Waals surface area contributed by atoms with Crippen LogP contribution in [-0.4, -0.2) is 110 Å². The number of hydrogen-bond donors (Lipinski definition) is 7. The number of Topliss-reactive ketones (excluding diaryl/α,β-unsaturated/α-hetero) is 1. The van der Waals surface area contributed by atoms with E-state index in [-0.39, 0.29) is 23.9 Å². The topological polar surface area (TPSA) is 204 Å². The standard InChI is InChI=1S/C23H29NO12/c1-8(22(32)24-13-14(27)16(29)21-20(15(13)28)33-7-34-21)5-10-3-4-12(11(26)6-10)35-23-18(31)17(30)19(36-23)9(2)25/h3-6,13-21,23,26-31H,7H2,1-2H3,(H,24,32)/b8-5+/t13-,14+,15-,16-,17-,18-,19+,20+,21-,23-/m1/s1. The van der Waals surface area contributed by atoms with E-state index < -0.39 is 72.9 Å². The molecule has 10 atom stereocenters. The Balaban J connectivity index is 1.41. The highest BCUT2D eigenvalue weighted by Crippen LogP contribution is 2.33. The molecule has 13 nitrogen and oxygen atoms in total. The predicted molar refractivity (Wildman–Crippen MR) is 118 cm³/mol. The molecule has 1 aromatic rings. The average Bonchev–Trinajstić information content (AvgIpc) is 3.43. The Kier molecular flexibility index (Phi) is 7.64. The first-order valence-corrected chi connectivity index (χ1v) is 11.3. The number of phenols is 1. The Morgan fingerprint density at radius 1 is 0.972 bits per heavy atom. The second-order valence-corrected chi connectivity index (χ2v) is 9.04. The molecule has 0 aromatic heterocycles. The maximum atomic E-state index is 12.7. The van der Waals surface area contributed by atoms with Gasteiger partial charge in [-0.3, -0.25) is 9.59 Å². The first-order valence-electron chi connectivity index (χ1n) is 11.3. The Morgan fingerprint density at radius 3 is 2.25 bits per heavy atom. The highest BCUT2D eigenvalue weighted by molar-refractivity contribution is 5.97. The van der Waals surface area contributed by atoms with E-state index in [0.717, 1.165) is 0 Å². The summed E-state index contributed by atoms with van der Waals surface area (Å²) in [4.78, 5) is 24.2. The Morgan fingerprint density at radius 2 is 1.64 bits per heavy atom. The van der Waals surface area contributed by atoms with Crippen molar-refractivity contribution in [2.24, 2.45) is 0 Å². The van der Waals surface area contributed by atoms with Gasteiger partial charge in [0.15, 0.2) is 17.3 Å². The van der Waals surface area contributed by atoms with E-state index in [2.05, 4.69) is 5.32 Å². The summed E-state index contributed by atoms with van der Waals surface area (Å²) in [6.45, 7) is 2.52. The van der Waals surface area contributed by atoms with Crippen molar-refractivity contribution in [1.82, 2.24) is 5.32 Å². The zero-order chi connectivity index (χ0) is 26.3. The molecule has 0 radical (unpaired) electrons. The number of aliphatic hydroxyl groups excluding tert-OH is 5. The van der Waals surface area contributed by atoms with Gasteiger partial charge in [0.25, 0.3) is 0 Å². The van der Waals surface area contributed by atoms with Gasteiger partial charge in [-0.25, -0.2) is 0 Å². The molecular formula is C23H29NO12. The maximum Gasteiger partial charge on any atom is 0.247 e. The van der Waals surface area contributed by atoms with Crippen molar-refractivity contribution in [2.75, 3.05) is 6.79 Å². The maximum absolute atomic E-state index is 12.7. The van der Waals surface area contributed by atoms with E-state index >= 15 is 0 Å². The lowest BCUT2D eigenvalue weighted by atomic mass is 9.83. The second-order valence-electron chi connectivity index (χ2n) is 9.04. The summed E-state index contributed by atoms with van der Waals surface area (Å²) in [5.74, 6) is -1.59. The monoisotopic (exact) mass is 511 g/mol. The highest BCUT2D eigenvalue weighted by atomic mass is 16.7. The van der Waals surface area contributed by atoms with Crippen molar-refractivity contribution in [3.05, 3.63) is 29.3 Å². The molecule has 36 heavy (non-hydrogen) atoms. The molecule has 3 fully saturated rings. The molecule has 198 valence electrons. The van der Waals surface area contributed by atoms with E-state index in [9.17, 15) is 40.2 Å². The van der Waals surface area contributed by atoms with E-state index in [1.54, 1.807) is 0 Å². The number of benzene rings is 1. The number of hydrogen-bond acceptors (Lipinski definition) is 12. The van der Waals surface area contributed by atoms with Gasteiger partial charge in [0.1, 0.15) is 55.6 Å². The van der Waals surface area contributed by atoms with Crippen LogP contribution in [0.4, 0.5) is 0 Å². The number of ketones is 1. The summed E-state index contributed by atoms with van der Waals surface area (Å²) < 4.78 is 21.1. The molecular weight excluding hydrogens is 482 g/mol. The van der Waals surface area contributed by atoms with Crippen LogP contribution in [-0.2, 0) is 23.8 Å². The fourth-order valence-electron chi connectivity index (χ4n) is 4.46. The summed E-state index contributed by atoms with van der Waals surface area (Å²) in [5, 5.41) is 63.9. The van der Waals surface area contributed by atoms with Crippen LogP contribution in [0.25, 0.3) is 6.08 Å². The minimum atomic E-state index is -1.51. The zero-order valence-corrected chi connectivity index (χ0v) is 19.4. The number of aromatic hydroxyl groups is 1. The van der Waals surface area contributed by atoms with Crippen LogP contribution >= 0.6 is 0 Å². The van der Waals surface area contributed by atoms with Crippen LogP contribution in [0.15, 0.2) is 23.8 Å². The molecule has 1 amide bonds. The molecule has 1 saturated carbocycles. The molecule has 3 aliphatic rings. The lowest BCUT2D eigenvalue weighted by Gasteiger charge is -2.41. The number of phenolic OH excluding ortho intramolecular Hbond substituents is 1. The van der Waals surface area contributed by atoms with Crippen molar-refractivity contribution in [3.8, 4) is 11.5 Å². The third-order valence-corrected chi connectivity index (χ3v) is 6.49. The van der Waals surface area contributed by atoms with Gasteiger partial charge in [-0.2, -0.15) is 0 Å². The van der Waals surface area contributed by atoms with Crippen LogP contribution in [0.2, 0.25) is 0 Å². The first-order chi connectivity index (χ1) is 17.0. The van der Waals surface area contributed by atoms with Crippen LogP contribution in [0.3, 0.4) is 0 Å². The Hall–Kier alpha value is -2.62. The van der Waals surface area contributed by atoms with Crippen molar-refractivity contribution in [1.29, 1.82) is 0 Å². The minimum absolute atomic E-state index is 0.0921. The van der Waals surface area contributed by atoms with Crippen molar-refractivity contribution >= 4 is 17.8 Å². The molecule has 1 aliphatic carbocycles. The Labute approximate surface area is 205 Å². The average molecular weight is 511 g/mol. The normalized spacial score (nSPS) is 38.5. The van der Waals surface area contributed by atoms with Crippen LogP contribution in [0, 0.1) is 0 Å². The molecule has 2 heterocycles. The van der Waals surface area contributed by atoms with Gasteiger partial charge in [0.05, 0.1) is 6.04 Å². The zero-order valence-electron chi connectivity index (χ0n) is 19.4. The molecule has 0 unspecified atom stereocenters. The van der Waals surface area contributed by atoms with Gasteiger partial charge in [0.2, 0.25) is 12.2 Å². The number of nitrogens with one attached hydrogen (secondary N) is 1. The molecule has 13 heteroatoms. The van der Waals surface area contributed by atoms with Crippen LogP contribution in [0.5, 0.6) is 11.5 Å². The highest BCUT2D eigenvalue weighted by Gasteiger charge is 2.53. The van der Waals surface area contributed by atoms with Crippen LogP contribution in [0.1, 0.15) is 19.4 Å². The second kappa shape index (κ2) is 10.4. The lowest BCUT2D eigenvalue weighted by Crippen LogP contribution is -2.67. The quantitative estimate of drug-likeness (QED) is 0.199.